The summed E-state index contributed by atoms with van der Waals surface area (Å²) >= 11 is 6.26. The fourth-order valence-electron chi connectivity index (χ4n) is 3.43. The van der Waals surface area contributed by atoms with Gasteiger partial charge in [-0.15, -0.1) is 0 Å². The van der Waals surface area contributed by atoms with Crippen LogP contribution in [0.5, 0.6) is 5.75 Å². The van der Waals surface area contributed by atoms with Gasteiger partial charge in [0.25, 0.3) is 5.91 Å². The molecule has 1 atom stereocenters. The Morgan fingerprint density at radius 2 is 2.04 bits per heavy atom. The lowest BCUT2D eigenvalue weighted by Gasteiger charge is -2.23. The van der Waals surface area contributed by atoms with E-state index in [-0.39, 0.29) is 24.4 Å². The zero-order valence-corrected chi connectivity index (χ0v) is 15.8. The second-order valence-corrected chi connectivity index (χ2v) is 7.06. The summed E-state index contributed by atoms with van der Waals surface area (Å²) in [5.74, 6) is 0.736. The van der Waals surface area contributed by atoms with E-state index in [1.165, 1.54) is 24.3 Å². The minimum absolute atomic E-state index is 0.0970. The van der Waals surface area contributed by atoms with Crippen molar-refractivity contribution in [2.24, 2.45) is 0 Å². The van der Waals surface area contributed by atoms with Gasteiger partial charge in [0.05, 0.1) is 17.9 Å². The Bertz CT molecular complexity index is 974. The summed E-state index contributed by atoms with van der Waals surface area (Å²) in [6.07, 6.45) is 3.47. The molecule has 3 aromatic rings. The van der Waals surface area contributed by atoms with E-state index in [0.717, 1.165) is 29.9 Å². The summed E-state index contributed by atoms with van der Waals surface area (Å²) in [6.45, 7) is 0.554. The fraction of sp³-hybridized carbons (Fsp3) is 0.238. The van der Waals surface area contributed by atoms with Crippen LogP contribution in [0.3, 0.4) is 0 Å². The van der Waals surface area contributed by atoms with Crippen LogP contribution in [0.1, 0.15) is 24.7 Å². The van der Waals surface area contributed by atoms with Crippen LogP contribution < -0.4 is 4.74 Å². The molecule has 7 heteroatoms. The maximum absolute atomic E-state index is 13.0. The standard InChI is InChI=1S/C21H19ClFN3O2/c22-17-5-2-1-4-16(17)18-12-24-21(25-18)19-6-3-11-26(19)20(27)13-28-15-9-7-14(23)8-10-15/h1-2,4-5,7-10,12,19H,3,6,11,13H2,(H,24,25)/t19-/m0/s1. The van der Waals surface area contributed by atoms with Gasteiger partial charge >= 0.3 is 0 Å². The van der Waals surface area contributed by atoms with Crippen molar-refractivity contribution < 1.29 is 13.9 Å². The molecule has 2 aromatic carbocycles. The Balaban J connectivity index is 1.45. The number of aromatic nitrogens is 2. The number of nitrogens with one attached hydrogen (secondary N) is 1. The van der Waals surface area contributed by atoms with Crippen LogP contribution in [-0.2, 0) is 4.79 Å². The van der Waals surface area contributed by atoms with E-state index < -0.39 is 0 Å². The molecule has 0 unspecified atom stereocenters. The second kappa shape index (κ2) is 8.02. The van der Waals surface area contributed by atoms with Crippen LogP contribution in [0.25, 0.3) is 11.3 Å². The number of likely N-dealkylation sites (tertiary alicyclic amines) is 1. The van der Waals surface area contributed by atoms with Crippen LogP contribution >= 0.6 is 11.6 Å². The summed E-state index contributed by atoms with van der Waals surface area (Å²) in [4.78, 5) is 22.2. The fourth-order valence-corrected chi connectivity index (χ4v) is 3.67. The van der Waals surface area contributed by atoms with Crippen molar-refractivity contribution >= 4 is 17.5 Å². The van der Waals surface area contributed by atoms with E-state index in [1.807, 2.05) is 24.3 Å². The molecule has 28 heavy (non-hydrogen) atoms. The third-order valence-electron chi connectivity index (χ3n) is 4.82. The molecule has 1 aromatic heterocycles. The van der Waals surface area contributed by atoms with E-state index >= 15 is 0 Å². The number of hydrogen-bond donors (Lipinski definition) is 1. The smallest absolute Gasteiger partial charge is 0.261 e. The lowest BCUT2D eigenvalue weighted by atomic mass is 10.2. The van der Waals surface area contributed by atoms with Gasteiger partial charge in [-0.05, 0) is 43.2 Å². The first kappa shape index (κ1) is 18.5. The maximum atomic E-state index is 13.0. The topological polar surface area (TPSA) is 58.2 Å². The molecule has 1 N–H and O–H groups in total. The van der Waals surface area contributed by atoms with Crippen molar-refractivity contribution in [1.29, 1.82) is 0 Å². The van der Waals surface area contributed by atoms with Gasteiger partial charge in [0, 0.05) is 17.1 Å². The number of imidazole rings is 1. The molecular weight excluding hydrogens is 381 g/mol. The van der Waals surface area contributed by atoms with Crippen molar-refractivity contribution in [2.45, 2.75) is 18.9 Å². The van der Waals surface area contributed by atoms with Gasteiger partial charge in [0.1, 0.15) is 17.4 Å². The first-order valence-electron chi connectivity index (χ1n) is 9.09. The first-order chi connectivity index (χ1) is 13.6. The van der Waals surface area contributed by atoms with E-state index in [9.17, 15) is 9.18 Å². The number of carbonyl (C=O) groups excluding carboxylic acids is 1. The highest BCUT2D eigenvalue weighted by atomic mass is 35.5. The van der Waals surface area contributed by atoms with E-state index in [4.69, 9.17) is 16.3 Å². The van der Waals surface area contributed by atoms with Crippen LogP contribution in [0.15, 0.2) is 54.7 Å². The molecule has 2 heterocycles. The molecule has 144 valence electrons. The number of rotatable bonds is 5. The monoisotopic (exact) mass is 399 g/mol. The summed E-state index contributed by atoms with van der Waals surface area (Å²) < 4.78 is 18.5. The number of carbonyl (C=O) groups is 1. The molecule has 0 aliphatic carbocycles. The predicted molar refractivity (Wildman–Crippen MR) is 105 cm³/mol. The Labute approximate surface area is 167 Å². The van der Waals surface area contributed by atoms with E-state index in [0.29, 0.717) is 17.3 Å². The lowest BCUT2D eigenvalue weighted by molar-refractivity contribution is -0.134. The average molecular weight is 400 g/mol. The lowest BCUT2D eigenvalue weighted by Crippen LogP contribution is -2.34. The van der Waals surface area contributed by atoms with Gasteiger partial charge in [-0.2, -0.15) is 0 Å². The minimum atomic E-state index is -0.342. The predicted octanol–water partition coefficient (Wildman–Crippen LogP) is 4.61. The number of hydrogen-bond acceptors (Lipinski definition) is 3. The molecule has 0 radical (unpaired) electrons. The largest absolute Gasteiger partial charge is 0.484 e. The molecule has 1 fully saturated rings. The summed E-state index contributed by atoms with van der Waals surface area (Å²) in [6, 6.07) is 13.0. The van der Waals surface area contributed by atoms with Crippen LogP contribution in [0.4, 0.5) is 4.39 Å². The van der Waals surface area contributed by atoms with Crippen molar-refractivity contribution in [2.75, 3.05) is 13.2 Å². The molecule has 5 nitrogen and oxygen atoms in total. The van der Waals surface area contributed by atoms with Gasteiger partial charge in [-0.3, -0.25) is 4.79 Å². The van der Waals surface area contributed by atoms with Crippen LogP contribution in [0, 0.1) is 5.82 Å². The molecular formula is C21H19ClFN3O2. The number of amides is 1. The molecule has 4 rings (SSSR count). The molecule has 1 saturated heterocycles. The number of aromatic amines is 1. The molecule has 1 aliphatic heterocycles. The zero-order chi connectivity index (χ0) is 19.5. The van der Waals surface area contributed by atoms with Crippen molar-refractivity contribution in [3.8, 4) is 17.0 Å². The van der Waals surface area contributed by atoms with Gasteiger partial charge in [0.2, 0.25) is 0 Å². The summed E-state index contributed by atoms with van der Waals surface area (Å²) in [5.41, 5.74) is 1.70. The third kappa shape index (κ3) is 3.87. The first-order valence-corrected chi connectivity index (χ1v) is 9.47. The van der Waals surface area contributed by atoms with Gasteiger partial charge in [-0.1, -0.05) is 29.8 Å². The summed E-state index contributed by atoms with van der Waals surface area (Å²) in [5, 5.41) is 0.643. The van der Waals surface area contributed by atoms with Crippen molar-refractivity contribution in [1.82, 2.24) is 14.9 Å². The summed E-state index contributed by atoms with van der Waals surface area (Å²) in [7, 11) is 0. The third-order valence-corrected chi connectivity index (χ3v) is 5.15. The maximum Gasteiger partial charge on any atom is 0.261 e. The van der Waals surface area contributed by atoms with E-state index in [1.54, 1.807) is 11.1 Å². The van der Waals surface area contributed by atoms with Crippen molar-refractivity contribution in [3.63, 3.8) is 0 Å². The molecule has 1 amide bonds. The normalized spacial score (nSPS) is 16.4. The highest BCUT2D eigenvalue weighted by molar-refractivity contribution is 6.33. The van der Waals surface area contributed by atoms with Gasteiger partial charge in [-0.25, -0.2) is 9.37 Å². The Hall–Kier alpha value is -2.86. The van der Waals surface area contributed by atoms with Crippen molar-refractivity contribution in [3.05, 3.63) is 71.4 Å². The zero-order valence-electron chi connectivity index (χ0n) is 15.1. The van der Waals surface area contributed by atoms with Gasteiger partial charge in [0.15, 0.2) is 6.61 Å². The number of halogens is 2. The number of ether oxygens (including phenoxy) is 1. The second-order valence-electron chi connectivity index (χ2n) is 6.65. The highest BCUT2D eigenvalue weighted by Gasteiger charge is 2.32. The van der Waals surface area contributed by atoms with Crippen LogP contribution in [-0.4, -0.2) is 33.9 Å². The Morgan fingerprint density at radius 3 is 2.82 bits per heavy atom. The molecule has 0 saturated carbocycles. The van der Waals surface area contributed by atoms with Gasteiger partial charge < -0.3 is 14.6 Å². The molecule has 0 bridgehead atoms. The number of benzene rings is 2. The molecule has 0 spiro atoms. The minimum Gasteiger partial charge on any atom is -0.484 e. The van der Waals surface area contributed by atoms with Crippen LogP contribution in [0.2, 0.25) is 5.02 Å². The number of H-pyrrole nitrogens is 1. The highest BCUT2D eigenvalue weighted by Crippen LogP contribution is 2.33. The SMILES string of the molecule is O=C(COc1ccc(F)cc1)N1CCC[C@H]1c1ncc(-c2ccccc2Cl)[nH]1. The number of nitrogens with zero attached hydrogens (tertiary/aromatic N) is 2. The molecule has 1 aliphatic rings. The Morgan fingerprint density at radius 1 is 1.25 bits per heavy atom. The Kier molecular flexibility index (Phi) is 5.30. The van der Waals surface area contributed by atoms with E-state index in [2.05, 4.69) is 9.97 Å². The average Bonchev–Trinajstić information content (AvgIpc) is 3.37. The quantitative estimate of drug-likeness (QED) is 0.681.